The van der Waals surface area contributed by atoms with Gasteiger partial charge in [0.2, 0.25) is 0 Å². The van der Waals surface area contributed by atoms with Crippen molar-refractivity contribution in [1.82, 2.24) is 0 Å². The van der Waals surface area contributed by atoms with Crippen LogP contribution in [0.25, 0.3) is 0 Å². The maximum Gasteiger partial charge on any atom is 0.302 e. The Kier molecular flexibility index (Phi) is 4.32. The van der Waals surface area contributed by atoms with Crippen molar-refractivity contribution in [3.63, 3.8) is 0 Å². The molecule has 1 saturated carbocycles. The van der Waals surface area contributed by atoms with E-state index in [-0.39, 0.29) is 41.4 Å². The average molecular weight is 324 g/mol. The third-order valence-corrected chi connectivity index (χ3v) is 5.55. The predicted molar refractivity (Wildman–Crippen MR) is 85.1 cm³/mol. The minimum Gasteiger partial charge on any atom is -0.460 e. The molecule has 0 aromatic carbocycles. The molecule has 0 amide bonds. The van der Waals surface area contributed by atoms with Crippen LogP contribution in [0.4, 0.5) is 0 Å². The summed E-state index contributed by atoms with van der Waals surface area (Å²) in [7, 11) is 1.69. The van der Waals surface area contributed by atoms with Gasteiger partial charge in [0.15, 0.2) is 0 Å². The summed E-state index contributed by atoms with van der Waals surface area (Å²) < 4.78 is 23.3. The summed E-state index contributed by atoms with van der Waals surface area (Å²) in [6.45, 7) is 8.54. The van der Waals surface area contributed by atoms with Gasteiger partial charge in [-0.2, -0.15) is 0 Å². The Morgan fingerprint density at radius 3 is 2.57 bits per heavy atom. The van der Waals surface area contributed by atoms with E-state index in [1.807, 2.05) is 0 Å². The summed E-state index contributed by atoms with van der Waals surface area (Å²) >= 11 is 0. The molecule has 0 aromatic rings. The summed E-state index contributed by atoms with van der Waals surface area (Å²) in [5, 5.41) is 0. The highest BCUT2D eigenvalue weighted by atomic mass is 16.6. The van der Waals surface area contributed by atoms with Gasteiger partial charge in [0.1, 0.15) is 23.4 Å². The van der Waals surface area contributed by atoms with E-state index in [4.69, 9.17) is 18.9 Å². The smallest absolute Gasteiger partial charge is 0.302 e. The lowest BCUT2D eigenvalue weighted by atomic mass is 9.68. The number of rotatable bonds is 5. The first kappa shape index (κ1) is 16.9. The van der Waals surface area contributed by atoms with E-state index in [0.29, 0.717) is 0 Å². The van der Waals surface area contributed by atoms with Crippen molar-refractivity contribution in [1.29, 1.82) is 0 Å². The second kappa shape index (κ2) is 5.87. The monoisotopic (exact) mass is 324 g/mol. The van der Waals surface area contributed by atoms with Gasteiger partial charge < -0.3 is 18.9 Å². The van der Waals surface area contributed by atoms with Crippen LogP contribution in [0.2, 0.25) is 0 Å². The van der Waals surface area contributed by atoms with Crippen molar-refractivity contribution in [2.24, 2.45) is 5.92 Å². The lowest BCUT2D eigenvalue weighted by Crippen LogP contribution is -2.55. The third kappa shape index (κ3) is 3.06. The Bertz CT molecular complexity index is 506. The zero-order valence-electron chi connectivity index (χ0n) is 14.8. The number of methoxy groups -OCH3 is 1. The largest absolute Gasteiger partial charge is 0.460 e. The third-order valence-electron chi connectivity index (χ3n) is 5.55. The molecule has 6 atom stereocenters. The molecule has 0 bridgehead atoms. The Morgan fingerprint density at radius 2 is 2.04 bits per heavy atom. The molecular weight excluding hydrogens is 296 g/mol. The summed E-state index contributed by atoms with van der Waals surface area (Å²) in [5.41, 5.74) is 0.859. The van der Waals surface area contributed by atoms with Crippen LogP contribution in [0, 0.1) is 5.92 Å². The van der Waals surface area contributed by atoms with Gasteiger partial charge in [0.25, 0.3) is 0 Å². The molecule has 2 saturated heterocycles. The lowest BCUT2D eigenvalue weighted by Gasteiger charge is -2.42. The fourth-order valence-corrected chi connectivity index (χ4v) is 4.28. The zero-order chi connectivity index (χ0) is 16.8. The van der Waals surface area contributed by atoms with Crippen LogP contribution in [-0.4, -0.2) is 49.2 Å². The average Bonchev–Trinajstić information content (AvgIpc) is 3.37. The van der Waals surface area contributed by atoms with Crippen LogP contribution in [0.15, 0.2) is 11.6 Å². The van der Waals surface area contributed by atoms with E-state index < -0.39 is 0 Å². The van der Waals surface area contributed by atoms with Crippen LogP contribution in [0.5, 0.6) is 0 Å². The van der Waals surface area contributed by atoms with Crippen molar-refractivity contribution >= 4 is 5.97 Å². The van der Waals surface area contributed by atoms with Crippen molar-refractivity contribution in [2.75, 3.05) is 13.7 Å². The first-order valence-corrected chi connectivity index (χ1v) is 8.47. The van der Waals surface area contributed by atoms with E-state index in [1.165, 1.54) is 12.5 Å². The van der Waals surface area contributed by atoms with Crippen molar-refractivity contribution in [2.45, 2.75) is 76.5 Å². The first-order valence-electron chi connectivity index (χ1n) is 8.47. The molecule has 5 heteroatoms. The zero-order valence-corrected chi connectivity index (χ0v) is 14.8. The van der Waals surface area contributed by atoms with E-state index in [1.54, 1.807) is 7.11 Å². The van der Waals surface area contributed by atoms with Gasteiger partial charge in [-0.15, -0.1) is 0 Å². The van der Waals surface area contributed by atoms with E-state index >= 15 is 0 Å². The molecule has 3 fully saturated rings. The number of allylic oxidation sites excluding steroid dienone is 1. The SMILES string of the molecule is COC1C(OC(C)=O)CCC2(CO2)C1C1(C)OC1CC=C(C)C. The Labute approximate surface area is 138 Å². The van der Waals surface area contributed by atoms with Gasteiger partial charge in [-0.1, -0.05) is 11.6 Å². The fourth-order valence-electron chi connectivity index (χ4n) is 4.28. The Balaban J connectivity index is 1.79. The normalized spacial score (nSPS) is 44.7. The lowest BCUT2D eigenvalue weighted by molar-refractivity contribution is -0.169. The number of carbonyl (C=O) groups excluding carboxylic acids is 1. The number of carbonyl (C=O) groups is 1. The topological polar surface area (TPSA) is 60.6 Å². The molecule has 1 aliphatic carbocycles. The molecular formula is C18H28O5. The number of esters is 1. The van der Waals surface area contributed by atoms with Gasteiger partial charge >= 0.3 is 5.97 Å². The number of epoxide rings is 2. The molecule has 3 aliphatic rings. The van der Waals surface area contributed by atoms with Crippen molar-refractivity contribution in [3.8, 4) is 0 Å². The van der Waals surface area contributed by atoms with Crippen LogP contribution in [0.1, 0.15) is 47.0 Å². The molecule has 3 rings (SSSR count). The van der Waals surface area contributed by atoms with Crippen molar-refractivity contribution < 1.29 is 23.7 Å². The highest BCUT2D eigenvalue weighted by Crippen LogP contribution is 2.59. The Hall–Kier alpha value is -0.910. The van der Waals surface area contributed by atoms with Crippen LogP contribution < -0.4 is 0 Å². The molecule has 130 valence electrons. The van der Waals surface area contributed by atoms with E-state index in [0.717, 1.165) is 25.9 Å². The van der Waals surface area contributed by atoms with Gasteiger partial charge in [0, 0.05) is 14.0 Å². The molecule has 0 radical (unpaired) electrons. The molecule has 1 spiro atoms. The van der Waals surface area contributed by atoms with Crippen molar-refractivity contribution in [3.05, 3.63) is 11.6 Å². The minimum atomic E-state index is -0.276. The summed E-state index contributed by atoms with van der Waals surface area (Å²) in [5.74, 6) is -0.167. The molecule has 2 heterocycles. The molecule has 0 aromatic heterocycles. The highest BCUT2D eigenvalue weighted by molar-refractivity contribution is 5.66. The summed E-state index contributed by atoms with van der Waals surface area (Å²) in [6.07, 6.45) is 4.56. The van der Waals surface area contributed by atoms with E-state index in [9.17, 15) is 4.79 Å². The maximum absolute atomic E-state index is 11.4. The standard InChI is InChI=1S/C18H28O5/c1-11(2)6-7-14-17(4,23-14)16-15(20-5)13(22-12(3)19)8-9-18(16)10-21-18/h6,13-16H,7-10H2,1-5H3. The second-order valence-corrected chi connectivity index (χ2v) is 7.53. The number of ether oxygens (including phenoxy) is 4. The minimum absolute atomic E-state index is 0.0914. The van der Waals surface area contributed by atoms with Gasteiger partial charge in [-0.3, -0.25) is 4.79 Å². The molecule has 2 aliphatic heterocycles. The predicted octanol–water partition coefficient (Wildman–Crippen LogP) is 2.63. The maximum atomic E-state index is 11.4. The van der Waals surface area contributed by atoms with Crippen LogP contribution >= 0.6 is 0 Å². The fraction of sp³-hybridized carbons (Fsp3) is 0.833. The Morgan fingerprint density at radius 1 is 1.35 bits per heavy atom. The van der Waals surface area contributed by atoms with Gasteiger partial charge in [-0.25, -0.2) is 0 Å². The molecule has 6 unspecified atom stereocenters. The summed E-state index contributed by atoms with van der Waals surface area (Å²) in [4.78, 5) is 11.4. The first-order chi connectivity index (χ1) is 10.8. The number of hydrogen-bond acceptors (Lipinski definition) is 5. The van der Waals surface area contributed by atoms with Crippen LogP contribution in [0.3, 0.4) is 0 Å². The number of hydrogen-bond donors (Lipinski definition) is 0. The van der Waals surface area contributed by atoms with Gasteiger partial charge in [-0.05, 0) is 40.0 Å². The second-order valence-electron chi connectivity index (χ2n) is 7.53. The molecule has 23 heavy (non-hydrogen) atoms. The molecule has 0 N–H and O–H groups in total. The highest BCUT2D eigenvalue weighted by Gasteiger charge is 2.72. The molecule has 5 nitrogen and oxygen atoms in total. The van der Waals surface area contributed by atoms with Crippen LogP contribution in [-0.2, 0) is 23.7 Å². The summed E-state index contributed by atoms with van der Waals surface area (Å²) in [6, 6.07) is 0. The quantitative estimate of drug-likeness (QED) is 0.442. The van der Waals surface area contributed by atoms with Gasteiger partial charge in [0.05, 0.1) is 18.6 Å². The van der Waals surface area contributed by atoms with E-state index in [2.05, 4.69) is 26.8 Å².